The summed E-state index contributed by atoms with van der Waals surface area (Å²) >= 11 is 0. The molecule has 0 atom stereocenters. The first-order chi connectivity index (χ1) is 69.4. The van der Waals surface area contributed by atoms with Crippen molar-refractivity contribution >= 4 is 0 Å². The first kappa shape index (κ1) is 88.9. The van der Waals surface area contributed by atoms with Crippen molar-refractivity contribution in [3.8, 4) is 135 Å². The molecule has 10 aromatic carbocycles. The molecule has 4 radical (unpaired) electrons. The summed E-state index contributed by atoms with van der Waals surface area (Å²) in [6.07, 6.45) is 17.9. The van der Waals surface area contributed by atoms with Crippen LogP contribution in [0, 0.1) is 117 Å². The number of pyridine rings is 10. The molecule has 0 aliphatic heterocycles. The van der Waals surface area contributed by atoms with E-state index in [-0.39, 0.29) is 80.4 Å². The van der Waals surface area contributed by atoms with E-state index in [0.29, 0.717) is 22.3 Å². The van der Waals surface area contributed by atoms with E-state index in [1.165, 1.54) is 52.6 Å². The number of hydrogen-bond donors (Lipinski definition) is 0. The topological polar surface area (TPSA) is 129 Å². The normalized spacial score (nSPS) is 11.6. The third-order valence-corrected chi connectivity index (χ3v) is 20.7. The molecular weight excluding hydrogens is 2370 g/mol. The van der Waals surface area contributed by atoms with Gasteiger partial charge in [-0.3, -0.25) is 9.97 Å². The fourth-order valence-corrected chi connectivity index (χ4v) is 13.2. The summed E-state index contributed by atoms with van der Waals surface area (Å²) in [5.74, 6) is 0. The SMILES string of the molecule is CCc1cc(-c2[c-]cccc2)ncc1-c1ccccn1.Cc1cc(-c2[c-]cccc2)ncc1-c1ccccn1.Cc1ccc(-c2ccc(-c3[c-]cccc3)nc2)cc1.[2H]C([2H])([2H])c1cnc(-c2[c-]cccc2)cc1C.[2H]C([2H])([2H])c1cnc(-c2[c-]cccc2)cc1C.[2H]C([2H])([2H])c1cnc(-c2[c-]cccc2)cc1C.[2H]C([2H])([2H])c1cnc(-c2[c-]cccc2)cc1C.[Ir].[Ir].[Ir].[Ir].[c-]1ccccc1-c1ccc(-c2ccccc2)cn1. The third-order valence-electron chi connectivity index (χ3n) is 20.7. The molecule has 10 aromatic heterocycles. The van der Waals surface area contributed by atoms with E-state index in [9.17, 15) is 0 Å². The summed E-state index contributed by atoms with van der Waals surface area (Å²) in [5.41, 5.74) is 30.9. The maximum absolute atomic E-state index is 7.37. The Morgan fingerprint density at radius 1 is 0.206 bits per heavy atom. The van der Waals surface area contributed by atoms with Gasteiger partial charge in [-0.05, 0) is 201 Å². The molecule has 136 heavy (non-hydrogen) atoms. The van der Waals surface area contributed by atoms with Crippen molar-refractivity contribution in [2.75, 3.05) is 0 Å². The summed E-state index contributed by atoms with van der Waals surface area (Å²) in [7, 11) is 0. The van der Waals surface area contributed by atoms with Gasteiger partial charge in [0.2, 0.25) is 0 Å². The van der Waals surface area contributed by atoms with Crippen molar-refractivity contribution in [1.29, 1.82) is 0 Å². The van der Waals surface area contributed by atoms with E-state index in [1.807, 2.05) is 292 Å². The molecule has 0 unspecified atom stereocenters. The van der Waals surface area contributed by atoms with Crippen molar-refractivity contribution < 1.29 is 96.9 Å². The summed E-state index contributed by atoms with van der Waals surface area (Å²) in [6, 6.07) is 137. The van der Waals surface area contributed by atoms with Gasteiger partial charge in [0, 0.05) is 170 Å². The first-order valence-corrected chi connectivity index (χ1v) is 42.9. The molecule has 0 aliphatic carbocycles. The number of benzene rings is 10. The quantitative estimate of drug-likeness (QED) is 0.103. The van der Waals surface area contributed by atoms with Crippen molar-refractivity contribution in [3.05, 3.63) is 517 Å². The van der Waals surface area contributed by atoms with Crippen molar-refractivity contribution in [2.24, 2.45) is 0 Å². The standard InChI is InChI=1S/C18H15N2.C18H14N.C17H13N2.C17H12N.4C13H12N.4Ir/c1-2-14-12-18(15-8-4-3-5-9-15)20-13-16(14)17-10-6-7-11-19-17;1-14-7-9-15(10-8-14)17-11-12-18(19-13-17)16-5-3-2-4-6-16;1-13-11-17(14-7-3-2-4-8-14)19-12-15(13)16-9-5-6-10-18-16;1-3-7-14(8-4-1)16-11-12-17(18-13-16)15-9-5-2-6-10-15;4*1-10-8-13(14-9-11(10)2)12-6-4-3-5-7-12;;;;/h3-8,10-13H,2H2,1H3;2-5,7-13H,1H3;2-7,9-12H,1H3;1-9,11-13H;4*3-6,8-9H,1-2H3;;;;/q8*-1;;;;/i;;;;4*2D3;;;;. The number of rotatable bonds is 13. The second-order valence-electron chi connectivity index (χ2n) is 30.2. The Hall–Kier alpha value is -13.7. The van der Waals surface area contributed by atoms with Gasteiger partial charge in [-0.25, -0.2) is 0 Å². The van der Waals surface area contributed by atoms with Gasteiger partial charge in [0.15, 0.2) is 0 Å². The summed E-state index contributed by atoms with van der Waals surface area (Å²) in [4.78, 5) is 43.6. The van der Waals surface area contributed by atoms with E-state index < -0.39 is 27.4 Å². The van der Waals surface area contributed by atoms with E-state index >= 15 is 0 Å². The Morgan fingerprint density at radius 3 is 0.728 bits per heavy atom. The van der Waals surface area contributed by atoms with Crippen LogP contribution in [0.2, 0.25) is 0 Å². The maximum Gasteiger partial charge on any atom is 0.0719 e. The average Bonchev–Trinajstić information content (AvgIpc) is 0.823. The number of nitrogens with zero attached hydrogens (tertiary/aromatic N) is 10. The Labute approximate surface area is 874 Å². The molecule has 0 saturated carbocycles. The molecule has 0 saturated heterocycles. The minimum Gasteiger partial charge on any atom is -0.304 e. The fourth-order valence-electron chi connectivity index (χ4n) is 13.2. The van der Waals surface area contributed by atoms with Crippen LogP contribution in [0.15, 0.2) is 408 Å². The predicted molar refractivity (Wildman–Crippen MR) is 542 cm³/mol. The van der Waals surface area contributed by atoms with Crippen molar-refractivity contribution in [1.82, 2.24) is 49.8 Å². The molecule has 20 aromatic rings. The van der Waals surface area contributed by atoms with E-state index in [0.717, 1.165) is 152 Å². The zero-order valence-corrected chi connectivity index (χ0v) is 85.3. The summed E-state index contributed by atoms with van der Waals surface area (Å²) < 4.78 is 88.5. The van der Waals surface area contributed by atoms with Crippen LogP contribution in [-0.4, -0.2) is 49.8 Å². The number of aryl methyl sites for hydroxylation is 11. The van der Waals surface area contributed by atoms with Crippen molar-refractivity contribution in [2.45, 2.75) is 82.3 Å². The van der Waals surface area contributed by atoms with E-state index in [1.54, 1.807) is 58.2 Å². The molecule has 14 heteroatoms. The Kier molecular flexibility index (Phi) is 36.5. The van der Waals surface area contributed by atoms with Crippen LogP contribution in [0.1, 0.15) is 84.6 Å². The van der Waals surface area contributed by atoms with Gasteiger partial charge < -0.3 is 39.9 Å². The second-order valence-corrected chi connectivity index (χ2v) is 30.2. The zero-order chi connectivity index (χ0) is 102. The molecule has 0 spiro atoms. The molecule has 0 fully saturated rings. The first-order valence-electron chi connectivity index (χ1n) is 48.9. The van der Waals surface area contributed by atoms with Gasteiger partial charge in [0.1, 0.15) is 0 Å². The minimum absolute atomic E-state index is 0. The molecular formula is C122H102Ir4N10-8. The van der Waals surface area contributed by atoms with Crippen LogP contribution in [0.25, 0.3) is 135 Å². The summed E-state index contributed by atoms with van der Waals surface area (Å²) in [6.45, 7) is 5.07. The van der Waals surface area contributed by atoms with E-state index in [2.05, 4.69) is 180 Å². The van der Waals surface area contributed by atoms with Gasteiger partial charge in [-0.2, -0.15) is 0 Å². The van der Waals surface area contributed by atoms with Gasteiger partial charge in [0.25, 0.3) is 0 Å². The average molecular weight is 2490 g/mol. The molecule has 0 amide bonds. The predicted octanol–water partition coefficient (Wildman–Crippen LogP) is 29.5. The largest absolute Gasteiger partial charge is 0.304 e. The Bertz CT molecular complexity index is 6950. The van der Waals surface area contributed by atoms with Gasteiger partial charge in [-0.1, -0.05) is 162 Å². The Morgan fingerprint density at radius 2 is 0.463 bits per heavy atom. The minimum atomic E-state index is -2.10. The molecule has 10 heterocycles. The van der Waals surface area contributed by atoms with Gasteiger partial charge in [-0.15, -0.1) is 287 Å². The van der Waals surface area contributed by atoms with Gasteiger partial charge >= 0.3 is 0 Å². The molecule has 684 valence electrons. The third kappa shape index (κ3) is 31.7. The molecule has 0 bridgehead atoms. The zero-order valence-electron chi connectivity index (χ0n) is 87.7. The number of aromatic nitrogens is 10. The Balaban J connectivity index is 0.000000187. The van der Waals surface area contributed by atoms with Crippen LogP contribution >= 0.6 is 0 Å². The van der Waals surface area contributed by atoms with Gasteiger partial charge in [0.05, 0.1) is 11.4 Å². The molecule has 0 aliphatic rings. The van der Waals surface area contributed by atoms with Crippen LogP contribution in [0.4, 0.5) is 0 Å². The molecule has 0 N–H and O–H groups in total. The van der Waals surface area contributed by atoms with Crippen LogP contribution in [-0.2, 0) is 86.8 Å². The van der Waals surface area contributed by atoms with Crippen LogP contribution in [0.3, 0.4) is 0 Å². The van der Waals surface area contributed by atoms with Crippen LogP contribution in [0.5, 0.6) is 0 Å². The second kappa shape index (κ2) is 55.8. The molecule has 10 nitrogen and oxygen atoms in total. The fraction of sp³-hybridized carbons (Fsp3) is 0.0984. The monoisotopic (exact) mass is 2490 g/mol. The van der Waals surface area contributed by atoms with Crippen LogP contribution < -0.4 is 0 Å². The van der Waals surface area contributed by atoms with Crippen molar-refractivity contribution in [3.63, 3.8) is 0 Å². The maximum atomic E-state index is 7.37. The number of hydrogen-bond acceptors (Lipinski definition) is 10. The molecule has 20 rings (SSSR count). The summed E-state index contributed by atoms with van der Waals surface area (Å²) in [5, 5.41) is 0. The smallest absolute Gasteiger partial charge is 0.0719 e. The van der Waals surface area contributed by atoms with E-state index in [4.69, 9.17) is 16.4 Å².